The Morgan fingerprint density at radius 3 is 2.17 bits per heavy atom. The molecule has 2 heterocycles. The van der Waals surface area contributed by atoms with Gasteiger partial charge in [-0.3, -0.25) is 28.9 Å². The molecule has 5 fully saturated rings. The van der Waals surface area contributed by atoms with E-state index in [1.807, 2.05) is 32.9 Å². The lowest BCUT2D eigenvalue weighted by Gasteiger charge is -2.54. The zero-order chi connectivity index (χ0) is 46.3. The summed E-state index contributed by atoms with van der Waals surface area (Å²) in [6, 6.07) is -3.28. The summed E-state index contributed by atoms with van der Waals surface area (Å²) in [4.78, 5) is 76.7. The van der Waals surface area contributed by atoms with Gasteiger partial charge in [0.2, 0.25) is 23.6 Å². The lowest BCUT2D eigenvalue weighted by molar-refractivity contribution is -0.145. The van der Waals surface area contributed by atoms with Crippen LogP contribution < -0.4 is 20.7 Å². The van der Waals surface area contributed by atoms with Crippen LogP contribution in [0.1, 0.15) is 138 Å². The zero-order valence-electron chi connectivity index (χ0n) is 39.4. The third kappa shape index (κ3) is 10.1. The average molecular weight is 896 g/mol. The number of carbonyl (C=O) groups is 5. The molecule has 0 aromatic carbocycles. The maximum atomic E-state index is 15.3. The van der Waals surface area contributed by atoms with Crippen LogP contribution in [0.3, 0.4) is 0 Å². The van der Waals surface area contributed by atoms with Gasteiger partial charge in [0, 0.05) is 32.1 Å². The van der Waals surface area contributed by atoms with Gasteiger partial charge in [0.15, 0.2) is 0 Å². The minimum atomic E-state index is -4.19. The van der Waals surface area contributed by atoms with Gasteiger partial charge < -0.3 is 20.9 Å². The van der Waals surface area contributed by atoms with Gasteiger partial charge in [-0.05, 0) is 131 Å². The molecule has 7 atom stereocenters. The SMILES string of the molecule is C=CC1CC1(NC(=O)C1CC(C(C)(C)C2(C=C)CCC2)CN1C(=O)C(NC(=O)C(NC(=O)C1CCCCN1C(C)C)C1=CCCCC1)C(C)(C)C)C(=O)NS(=O)(=O)N(C)CC1CC1. The van der Waals surface area contributed by atoms with Crippen molar-refractivity contribution in [2.45, 2.75) is 174 Å². The zero-order valence-corrected chi connectivity index (χ0v) is 40.2. The average Bonchev–Trinajstić information content (AvgIpc) is 4.12. The Bertz CT molecular complexity index is 1930. The van der Waals surface area contributed by atoms with E-state index in [2.05, 4.69) is 66.4 Å². The van der Waals surface area contributed by atoms with E-state index in [-0.39, 0.29) is 53.6 Å². The Morgan fingerprint density at radius 1 is 0.937 bits per heavy atom. The predicted octanol–water partition coefficient (Wildman–Crippen LogP) is 5.13. The molecule has 2 saturated heterocycles. The first-order valence-corrected chi connectivity index (χ1v) is 25.2. The molecule has 15 heteroatoms. The summed E-state index contributed by atoms with van der Waals surface area (Å²) >= 11 is 0. The standard InChI is InChI=1S/C48H77N7O7S/c1-11-34-28-48(34,44(60)52-63(61,62)53(10)29-32-22-23-32)51-41(57)37-27-35(46(8,9)47(12-2)24-18-25-47)30-55(37)43(59)39(45(5,6)7)50-42(58)38(33-19-14-13-15-20-33)49-40(56)36-21-16-17-26-54(36)31(3)4/h11-12,19,31-32,34-39H,1-2,13-18,20-30H2,3-10H3,(H,49,56)(H,50,58)(H,51,57)(H,52,60). The lowest BCUT2D eigenvalue weighted by atomic mass is 9.50. The predicted molar refractivity (Wildman–Crippen MR) is 245 cm³/mol. The number of piperidine rings is 1. The van der Waals surface area contributed by atoms with E-state index in [4.69, 9.17) is 0 Å². The molecule has 0 aromatic heterocycles. The van der Waals surface area contributed by atoms with Crippen LogP contribution in [0.4, 0.5) is 0 Å². The van der Waals surface area contributed by atoms with Crippen LogP contribution in [0.25, 0.3) is 0 Å². The van der Waals surface area contributed by atoms with Gasteiger partial charge >= 0.3 is 10.2 Å². The van der Waals surface area contributed by atoms with Crippen molar-refractivity contribution in [2.24, 2.45) is 34.0 Å². The number of hydrogen-bond donors (Lipinski definition) is 4. The van der Waals surface area contributed by atoms with Crippen LogP contribution in [0.2, 0.25) is 0 Å². The van der Waals surface area contributed by atoms with Crippen LogP contribution in [-0.2, 0) is 34.2 Å². The molecule has 4 N–H and O–H groups in total. The highest BCUT2D eigenvalue weighted by Crippen LogP contribution is 2.60. The molecule has 2 aliphatic heterocycles. The number of carbonyl (C=O) groups excluding carboxylic acids is 5. The number of hydrogen-bond acceptors (Lipinski definition) is 8. The Kier molecular flexibility index (Phi) is 14.5. The Labute approximate surface area is 377 Å². The van der Waals surface area contributed by atoms with Crippen LogP contribution >= 0.6 is 0 Å². The molecule has 5 amide bonds. The molecular formula is C48H77N7O7S. The Hall–Kier alpha value is -3.56. The van der Waals surface area contributed by atoms with Crippen LogP contribution in [0, 0.1) is 34.0 Å². The quantitative estimate of drug-likeness (QED) is 0.137. The van der Waals surface area contributed by atoms with E-state index in [0.717, 1.165) is 80.6 Å². The summed E-state index contributed by atoms with van der Waals surface area (Å²) in [6.45, 7) is 23.5. The molecule has 0 spiro atoms. The molecule has 6 rings (SSSR count). The highest BCUT2D eigenvalue weighted by Gasteiger charge is 2.63. The highest BCUT2D eigenvalue weighted by atomic mass is 32.2. The van der Waals surface area contributed by atoms with E-state index >= 15 is 4.79 Å². The van der Waals surface area contributed by atoms with Crippen molar-refractivity contribution < 1.29 is 32.4 Å². The van der Waals surface area contributed by atoms with E-state index in [0.29, 0.717) is 25.8 Å². The fourth-order valence-corrected chi connectivity index (χ4v) is 11.9. The van der Waals surface area contributed by atoms with Gasteiger partial charge in [0.25, 0.3) is 5.91 Å². The largest absolute Gasteiger partial charge is 0.342 e. The summed E-state index contributed by atoms with van der Waals surface area (Å²) in [6.07, 6.45) is 16.8. The topological polar surface area (TPSA) is 177 Å². The van der Waals surface area contributed by atoms with E-state index in [1.54, 1.807) is 11.0 Å². The number of nitrogens with zero attached hydrogens (tertiary/aromatic N) is 3. The lowest BCUT2D eigenvalue weighted by Crippen LogP contribution is -2.62. The summed E-state index contributed by atoms with van der Waals surface area (Å²) in [7, 11) is -2.75. The van der Waals surface area contributed by atoms with Crippen molar-refractivity contribution in [2.75, 3.05) is 26.7 Å². The molecule has 3 saturated carbocycles. The van der Waals surface area contributed by atoms with Crippen molar-refractivity contribution in [3.8, 4) is 0 Å². The van der Waals surface area contributed by atoms with Crippen LogP contribution in [0.15, 0.2) is 37.0 Å². The second kappa shape index (κ2) is 18.7. The third-order valence-corrected chi connectivity index (χ3v) is 17.3. The monoisotopic (exact) mass is 896 g/mol. The molecule has 63 heavy (non-hydrogen) atoms. The summed E-state index contributed by atoms with van der Waals surface area (Å²) in [5.41, 5.74) is -2.11. The summed E-state index contributed by atoms with van der Waals surface area (Å²) in [5.74, 6) is -2.92. The minimum Gasteiger partial charge on any atom is -0.342 e. The van der Waals surface area contributed by atoms with Gasteiger partial charge in [-0.15, -0.1) is 13.2 Å². The number of rotatable bonds is 18. The molecule has 0 aromatic rings. The first kappa shape index (κ1) is 48.9. The third-order valence-electron chi connectivity index (χ3n) is 15.9. The minimum absolute atomic E-state index is 0.152. The first-order valence-electron chi connectivity index (χ1n) is 23.7. The Balaban J connectivity index is 1.28. The fourth-order valence-electron chi connectivity index (χ4n) is 10.9. The van der Waals surface area contributed by atoms with Crippen molar-refractivity contribution in [1.29, 1.82) is 0 Å². The van der Waals surface area contributed by atoms with Gasteiger partial charge in [-0.1, -0.05) is 65.7 Å². The molecule has 14 nitrogen and oxygen atoms in total. The second-order valence-electron chi connectivity index (χ2n) is 21.7. The molecule has 4 aliphatic carbocycles. The molecular weight excluding hydrogens is 819 g/mol. The molecule has 7 unspecified atom stereocenters. The van der Waals surface area contributed by atoms with E-state index in [9.17, 15) is 27.6 Å². The van der Waals surface area contributed by atoms with Gasteiger partial charge in [-0.2, -0.15) is 12.7 Å². The number of allylic oxidation sites excluding steroid dienone is 2. The fraction of sp³-hybridized carbons (Fsp3) is 0.771. The van der Waals surface area contributed by atoms with E-state index < -0.39 is 68.8 Å². The van der Waals surface area contributed by atoms with Crippen molar-refractivity contribution in [1.82, 2.24) is 34.8 Å². The normalized spacial score (nSPS) is 28.5. The Morgan fingerprint density at radius 2 is 1.63 bits per heavy atom. The van der Waals surface area contributed by atoms with Crippen LogP contribution in [0.5, 0.6) is 0 Å². The van der Waals surface area contributed by atoms with Crippen molar-refractivity contribution >= 4 is 39.7 Å². The van der Waals surface area contributed by atoms with Gasteiger partial charge in [-0.25, -0.2) is 4.72 Å². The molecule has 0 bridgehead atoms. The van der Waals surface area contributed by atoms with Gasteiger partial charge in [0.05, 0.1) is 6.04 Å². The number of nitrogens with one attached hydrogen (secondary N) is 4. The smallest absolute Gasteiger partial charge is 0.303 e. The number of likely N-dealkylation sites (tertiary alicyclic amines) is 2. The summed E-state index contributed by atoms with van der Waals surface area (Å²) in [5, 5.41) is 9.18. The molecule has 6 aliphatic rings. The molecule has 352 valence electrons. The van der Waals surface area contributed by atoms with E-state index in [1.165, 1.54) is 7.05 Å². The van der Waals surface area contributed by atoms with Crippen molar-refractivity contribution in [3.63, 3.8) is 0 Å². The number of amides is 5. The summed E-state index contributed by atoms with van der Waals surface area (Å²) < 4.78 is 29.9. The first-order chi connectivity index (χ1) is 29.5. The maximum Gasteiger partial charge on any atom is 0.303 e. The van der Waals surface area contributed by atoms with Crippen LogP contribution in [-0.4, -0.2) is 114 Å². The van der Waals surface area contributed by atoms with Gasteiger partial charge in [0.1, 0.15) is 23.7 Å². The van der Waals surface area contributed by atoms with Crippen molar-refractivity contribution in [3.05, 3.63) is 37.0 Å². The molecule has 0 radical (unpaired) electrons. The second-order valence-corrected chi connectivity index (χ2v) is 23.4. The maximum absolute atomic E-state index is 15.3. The highest BCUT2D eigenvalue weighted by molar-refractivity contribution is 7.87.